The molecule has 1 aromatic carbocycles. The van der Waals surface area contributed by atoms with Gasteiger partial charge in [-0.05, 0) is 42.9 Å². The van der Waals surface area contributed by atoms with Crippen LogP contribution in [0.5, 0.6) is 11.5 Å². The normalized spacial score (nSPS) is 10.2. The zero-order valence-electron chi connectivity index (χ0n) is 17.2. The van der Waals surface area contributed by atoms with Gasteiger partial charge in [-0.2, -0.15) is 0 Å². The van der Waals surface area contributed by atoms with Crippen LogP contribution in [0.1, 0.15) is 69.1 Å². The Hall–Kier alpha value is -2.62. The second-order valence-electron chi connectivity index (χ2n) is 6.62. The molecule has 4 nitrogen and oxygen atoms in total. The average molecular weight is 385 g/mol. The van der Waals surface area contributed by atoms with Gasteiger partial charge >= 0.3 is 11.9 Å². The van der Waals surface area contributed by atoms with Crippen LogP contribution in [0.15, 0.2) is 38.0 Å². The lowest BCUT2D eigenvalue weighted by molar-refractivity contribution is -0.131. The van der Waals surface area contributed by atoms with Crippen LogP contribution in [0.4, 0.5) is 0 Å². The Labute approximate surface area is 168 Å². The molecule has 28 heavy (non-hydrogen) atoms. The summed E-state index contributed by atoms with van der Waals surface area (Å²) in [5.41, 5.74) is 2.90. The quantitative estimate of drug-likeness (QED) is 0.182. The third kappa shape index (κ3) is 6.84. The van der Waals surface area contributed by atoms with E-state index in [9.17, 15) is 9.59 Å². The van der Waals surface area contributed by atoms with E-state index in [0.29, 0.717) is 5.75 Å². The first kappa shape index (κ1) is 23.4. The molecule has 0 N–H and O–H groups in total. The molecule has 0 bridgehead atoms. The summed E-state index contributed by atoms with van der Waals surface area (Å²) < 4.78 is 10.9. The molecular formula is C24H32O4. The third-order valence-electron chi connectivity index (χ3n) is 4.52. The lowest BCUT2D eigenvalue weighted by Gasteiger charge is -2.20. The molecular weight excluding hydrogens is 352 g/mol. The first-order valence-corrected chi connectivity index (χ1v) is 10.0. The fraction of sp³-hybridized carbons (Fsp3) is 0.417. The molecule has 0 spiro atoms. The minimum Gasteiger partial charge on any atom is -0.419 e. The molecule has 0 saturated heterocycles. The molecule has 0 fully saturated rings. The van der Waals surface area contributed by atoms with E-state index in [1.165, 1.54) is 0 Å². The largest absolute Gasteiger partial charge is 0.419 e. The van der Waals surface area contributed by atoms with E-state index >= 15 is 0 Å². The molecule has 0 saturated carbocycles. The van der Waals surface area contributed by atoms with Crippen molar-refractivity contribution < 1.29 is 19.1 Å². The Kier molecular flexibility index (Phi) is 10.6. The van der Waals surface area contributed by atoms with Gasteiger partial charge in [0.15, 0.2) is 11.5 Å². The highest BCUT2D eigenvalue weighted by molar-refractivity contribution is 5.87. The van der Waals surface area contributed by atoms with E-state index in [2.05, 4.69) is 33.6 Å². The van der Waals surface area contributed by atoms with Gasteiger partial charge in [-0.15, -0.1) is 0 Å². The second kappa shape index (κ2) is 12.7. The molecule has 0 amide bonds. The van der Waals surface area contributed by atoms with Crippen LogP contribution in [0, 0.1) is 0 Å². The summed E-state index contributed by atoms with van der Waals surface area (Å²) in [6.07, 6.45) is 11.9. The van der Waals surface area contributed by atoms with Crippen molar-refractivity contribution in [2.45, 2.75) is 65.2 Å². The molecule has 0 aliphatic rings. The molecule has 0 aromatic heterocycles. The molecule has 0 unspecified atom stereocenters. The van der Waals surface area contributed by atoms with Crippen molar-refractivity contribution in [3.63, 3.8) is 0 Å². The average Bonchev–Trinajstić information content (AvgIpc) is 2.70. The fourth-order valence-electron chi connectivity index (χ4n) is 3.08. The zero-order valence-corrected chi connectivity index (χ0v) is 17.2. The van der Waals surface area contributed by atoms with Gasteiger partial charge in [-0.3, -0.25) is 0 Å². The number of carbonyl (C=O) groups excluding carboxylic acids is 2. The van der Waals surface area contributed by atoms with Crippen LogP contribution < -0.4 is 9.47 Å². The van der Waals surface area contributed by atoms with Crippen LogP contribution in [0.3, 0.4) is 0 Å². The van der Waals surface area contributed by atoms with Gasteiger partial charge < -0.3 is 9.47 Å². The van der Waals surface area contributed by atoms with E-state index in [1.807, 2.05) is 0 Å². The monoisotopic (exact) mass is 384 g/mol. The highest BCUT2D eigenvalue weighted by Gasteiger charge is 2.22. The highest BCUT2D eigenvalue weighted by atomic mass is 16.6. The lowest BCUT2D eigenvalue weighted by atomic mass is 9.91. The van der Waals surface area contributed by atoms with Gasteiger partial charge in [0.05, 0.1) is 0 Å². The summed E-state index contributed by atoms with van der Waals surface area (Å²) in [5.74, 6) is -0.684. The molecule has 1 rings (SSSR count). The summed E-state index contributed by atoms with van der Waals surface area (Å²) in [4.78, 5) is 23.8. The summed E-state index contributed by atoms with van der Waals surface area (Å²) >= 11 is 0. The summed E-state index contributed by atoms with van der Waals surface area (Å²) in [5, 5.41) is 0. The van der Waals surface area contributed by atoms with Crippen molar-refractivity contribution in [2.75, 3.05) is 0 Å². The van der Waals surface area contributed by atoms with Gasteiger partial charge in [0.2, 0.25) is 0 Å². The zero-order chi connectivity index (χ0) is 20.9. The van der Waals surface area contributed by atoms with Gasteiger partial charge in [0, 0.05) is 17.7 Å². The smallest absolute Gasteiger partial charge is 0.335 e. The van der Waals surface area contributed by atoms with E-state index in [-0.39, 0.29) is 5.75 Å². The van der Waals surface area contributed by atoms with Crippen molar-refractivity contribution in [1.29, 1.82) is 0 Å². The molecule has 0 aliphatic carbocycles. The fourth-order valence-corrected chi connectivity index (χ4v) is 3.08. The molecule has 4 heteroatoms. The van der Waals surface area contributed by atoms with E-state index in [4.69, 9.17) is 9.47 Å². The van der Waals surface area contributed by atoms with E-state index < -0.39 is 11.9 Å². The first-order chi connectivity index (χ1) is 13.5. The Morgan fingerprint density at radius 3 is 1.89 bits per heavy atom. The van der Waals surface area contributed by atoms with Crippen molar-refractivity contribution >= 4 is 18.0 Å². The van der Waals surface area contributed by atoms with Gasteiger partial charge in [0.25, 0.3) is 0 Å². The number of unbranched alkanes of at least 4 members (excludes halogenated alkanes) is 4. The minimum atomic E-state index is -0.607. The van der Waals surface area contributed by atoms with Crippen LogP contribution in [0.2, 0.25) is 0 Å². The Balaban J connectivity index is 3.56. The van der Waals surface area contributed by atoms with Gasteiger partial charge in [-0.1, -0.05) is 65.3 Å². The maximum absolute atomic E-state index is 12.0. The topological polar surface area (TPSA) is 52.6 Å². The Morgan fingerprint density at radius 1 is 0.857 bits per heavy atom. The lowest BCUT2D eigenvalue weighted by Crippen LogP contribution is -2.13. The summed E-state index contributed by atoms with van der Waals surface area (Å²) in [7, 11) is 0. The van der Waals surface area contributed by atoms with E-state index in [0.717, 1.165) is 80.2 Å². The Bertz CT molecular complexity index is 716. The van der Waals surface area contributed by atoms with Crippen LogP contribution >= 0.6 is 0 Å². The highest BCUT2D eigenvalue weighted by Crippen LogP contribution is 2.39. The van der Waals surface area contributed by atoms with Crippen molar-refractivity contribution in [3.8, 4) is 11.5 Å². The number of rotatable bonds is 13. The van der Waals surface area contributed by atoms with E-state index in [1.54, 1.807) is 12.1 Å². The molecule has 0 heterocycles. The predicted octanol–water partition coefficient (Wildman–Crippen LogP) is 5.98. The van der Waals surface area contributed by atoms with Crippen LogP contribution in [-0.2, 0) is 22.4 Å². The second-order valence-corrected chi connectivity index (χ2v) is 6.62. The number of ether oxygens (including phenoxy) is 2. The standard InChI is InChI=1S/C24H32O4/c1-6-11-13-15-19-18(8-3)17-21(27-22(25)9-4)24(28-23(26)10-5)20(19)16-14-12-7-2/h8-10,17H,3-7,11-16H2,1-2H3. The first-order valence-electron chi connectivity index (χ1n) is 10.0. The van der Waals surface area contributed by atoms with Crippen LogP contribution in [0.25, 0.3) is 6.08 Å². The SMILES string of the molecule is C=CC(=O)Oc1cc(C=C)c(CCCCC)c(CCCCC)c1OC(=O)C=C. The van der Waals surface area contributed by atoms with Crippen molar-refractivity contribution in [3.05, 3.63) is 54.6 Å². The maximum Gasteiger partial charge on any atom is 0.335 e. The third-order valence-corrected chi connectivity index (χ3v) is 4.52. The molecule has 152 valence electrons. The minimum absolute atomic E-state index is 0.209. The van der Waals surface area contributed by atoms with Crippen LogP contribution in [-0.4, -0.2) is 11.9 Å². The number of carbonyl (C=O) groups is 2. The number of hydrogen-bond donors (Lipinski definition) is 0. The number of benzene rings is 1. The molecule has 1 aromatic rings. The Morgan fingerprint density at radius 2 is 1.39 bits per heavy atom. The maximum atomic E-state index is 12.0. The van der Waals surface area contributed by atoms with Crippen molar-refractivity contribution in [2.24, 2.45) is 0 Å². The molecule has 0 radical (unpaired) electrons. The van der Waals surface area contributed by atoms with Gasteiger partial charge in [0.1, 0.15) is 0 Å². The number of esters is 2. The van der Waals surface area contributed by atoms with Crippen molar-refractivity contribution in [1.82, 2.24) is 0 Å². The van der Waals surface area contributed by atoms with Gasteiger partial charge in [-0.25, -0.2) is 9.59 Å². The summed E-state index contributed by atoms with van der Waals surface area (Å²) in [6.45, 7) is 15.1. The number of hydrogen-bond acceptors (Lipinski definition) is 4. The molecule has 0 aliphatic heterocycles. The molecule has 0 atom stereocenters. The summed E-state index contributed by atoms with van der Waals surface area (Å²) in [6, 6.07) is 1.71. The predicted molar refractivity (Wildman–Crippen MR) is 115 cm³/mol.